The van der Waals surface area contributed by atoms with E-state index in [0.717, 1.165) is 11.6 Å². The first-order chi connectivity index (χ1) is 13.8. The van der Waals surface area contributed by atoms with Crippen LogP contribution in [0.2, 0.25) is 0 Å². The predicted octanol–water partition coefficient (Wildman–Crippen LogP) is 4.98. The van der Waals surface area contributed by atoms with Crippen LogP contribution in [0, 0.1) is 18.6 Å². The number of pyridine rings is 1. The van der Waals surface area contributed by atoms with Crippen molar-refractivity contribution >= 4 is 11.8 Å². The molecule has 3 rings (SSSR count). The van der Waals surface area contributed by atoms with E-state index in [0.29, 0.717) is 35.6 Å². The molecule has 0 spiro atoms. The van der Waals surface area contributed by atoms with Gasteiger partial charge in [0.2, 0.25) is 0 Å². The maximum absolute atomic E-state index is 14.4. The summed E-state index contributed by atoms with van der Waals surface area (Å²) in [5.41, 5.74) is 2.19. The summed E-state index contributed by atoms with van der Waals surface area (Å²) in [5, 5.41) is 22.0. The normalized spacial score (nSPS) is 10.7. The number of anilines is 1. The van der Waals surface area contributed by atoms with Gasteiger partial charge in [0, 0.05) is 24.1 Å². The first-order valence-electron chi connectivity index (χ1n) is 9.07. The van der Waals surface area contributed by atoms with Gasteiger partial charge in [-0.15, -0.1) is 0 Å². The quantitative estimate of drug-likeness (QED) is 0.489. The van der Waals surface area contributed by atoms with E-state index >= 15 is 0 Å². The van der Waals surface area contributed by atoms with Crippen molar-refractivity contribution in [2.75, 3.05) is 11.9 Å². The number of aliphatic carboxylic acids is 1. The molecule has 0 aliphatic carbocycles. The Bertz CT molecular complexity index is 1030. The molecule has 0 saturated carbocycles. The number of aromatic nitrogens is 1. The third-order valence-corrected chi connectivity index (χ3v) is 4.39. The Balaban J connectivity index is 2.05. The Morgan fingerprint density at radius 1 is 1.10 bits per heavy atom. The SMILES string of the molecule is Cc1ccc(O)c(-c2cc(-c3cccc(F)c3F)cc(NCCCC(=O)O)n2)c1. The van der Waals surface area contributed by atoms with Gasteiger partial charge in [-0.25, -0.2) is 13.8 Å². The van der Waals surface area contributed by atoms with Crippen molar-refractivity contribution in [2.45, 2.75) is 19.8 Å². The van der Waals surface area contributed by atoms with Gasteiger partial charge in [-0.3, -0.25) is 4.79 Å². The molecule has 0 aliphatic heterocycles. The van der Waals surface area contributed by atoms with Crippen molar-refractivity contribution in [3.05, 3.63) is 65.7 Å². The average Bonchev–Trinajstić information content (AvgIpc) is 2.69. The number of hydrogen-bond donors (Lipinski definition) is 3. The largest absolute Gasteiger partial charge is 0.507 e. The van der Waals surface area contributed by atoms with Gasteiger partial charge < -0.3 is 15.5 Å². The molecule has 0 fully saturated rings. The smallest absolute Gasteiger partial charge is 0.303 e. The van der Waals surface area contributed by atoms with Gasteiger partial charge in [0.15, 0.2) is 11.6 Å². The molecule has 2 aromatic carbocycles. The molecular weight excluding hydrogens is 378 g/mol. The Labute approximate surface area is 166 Å². The highest BCUT2D eigenvalue weighted by Crippen LogP contribution is 2.34. The Hall–Kier alpha value is -3.48. The van der Waals surface area contributed by atoms with Crippen molar-refractivity contribution in [2.24, 2.45) is 0 Å². The number of carboxylic acids is 1. The van der Waals surface area contributed by atoms with Crippen LogP contribution in [0.25, 0.3) is 22.4 Å². The van der Waals surface area contributed by atoms with Gasteiger partial charge in [0.05, 0.1) is 5.69 Å². The molecule has 0 unspecified atom stereocenters. The number of rotatable bonds is 7. The molecule has 3 N–H and O–H groups in total. The summed E-state index contributed by atoms with van der Waals surface area (Å²) in [5.74, 6) is -2.46. The monoisotopic (exact) mass is 398 g/mol. The fourth-order valence-corrected chi connectivity index (χ4v) is 2.95. The van der Waals surface area contributed by atoms with Gasteiger partial charge in [-0.1, -0.05) is 23.8 Å². The second kappa shape index (κ2) is 8.68. The number of aromatic hydroxyl groups is 1. The number of nitrogens with zero attached hydrogens (tertiary/aromatic N) is 1. The van der Waals surface area contributed by atoms with Crippen molar-refractivity contribution in [1.29, 1.82) is 0 Å². The third kappa shape index (κ3) is 4.87. The van der Waals surface area contributed by atoms with E-state index in [-0.39, 0.29) is 17.7 Å². The first kappa shape index (κ1) is 20.3. The highest BCUT2D eigenvalue weighted by atomic mass is 19.2. The fourth-order valence-electron chi connectivity index (χ4n) is 2.95. The van der Waals surface area contributed by atoms with Crippen LogP contribution < -0.4 is 5.32 Å². The molecule has 1 aromatic heterocycles. The molecule has 5 nitrogen and oxygen atoms in total. The number of benzene rings is 2. The summed E-state index contributed by atoms with van der Waals surface area (Å²) in [6.07, 6.45) is 0.372. The molecule has 29 heavy (non-hydrogen) atoms. The molecule has 0 saturated heterocycles. The molecule has 3 aromatic rings. The van der Waals surface area contributed by atoms with Crippen molar-refractivity contribution in [1.82, 2.24) is 4.98 Å². The summed E-state index contributed by atoms with van der Waals surface area (Å²) in [6, 6.07) is 12.1. The minimum atomic E-state index is -0.977. The van der Waals surface area contributed by atoms with E-state index in [4.69, 9.17) is 5.11 Å². The van der Waals surface area contributed by atoms with Gasteiger partial charge in [-0.2, -0.15) is 0 Å². The number of carboxylic acid groups (broad SMARTS) is 1. The van der Waals surface area contributed by atoms with Crippen LogP contribution in [-0.2, 0) is 4.79 Å². The van der Waals surface area contributed by atoms with Crippen LogP contribution in [0.4, 0.5) is 14.6 Å². The molecular formula is C22H20F2N2O3. The lowest BCUT2D eigenvalue weighted by atomic mass is 10.0. The van der Waals surface area contributed by atoms with Crippen LogP contribution >= 0.6 is 0 Å². The second-order valence-corrected chi connectivity index (χ2v) is 6.67. The topological polar surface area (TPSA) is 82.5 Å². The molecule has 0 atom stereocenters. The molecule has 7 heteroatoms. The van der Waals surface area contributed by atoms with E-state index < -0.39 is 17.6 Å². The minimum absolute atomic E-state index is 0.00323. The van der Waals surface area contributed by atoms with E-state index in [9.17, 15) is 18.7 Å². The van der Waals surface area contributed by atoms with Crippen LogP contribution in [0.15, 0.2) is 48.5 Å². The van der Waals surface area contributed by atoms with Crippen molar-refractivity contribution < 1.29 is 23.8 Å². The van der Waals surface area contributed by atoms with Crippen molar-refractivity contribution in [3.8, 4) is 28.1 Å². The highest BCUT2D eigenvalue weighted by molar-refractivity contribution is 5.77. The Morgan fingerprint density at radius 2 is 1.90 bits per heavy atom. The summed E-state index contributed by atoms with van der Waals surface area (Å²) >= 11 is 0. The number of hydrogen-bond acceptors (Lipinski definition) is 4. The summed E-state index contributed by atoms with van der Waals surface area (Å²) in [4.78, 5) is 15.1. The zero-order valence-electron chi connectivity index (χ0n) is 15.7. The fraction of sp³-hybridized carbons (Fsp3) is 0.182. The third-order valence-electron chi connectivity index (χ3n) is 4.39. The average molecular weight is 398 g/mol. The Morgan fingerprint density at radius 3 is 2.66 bits per heavy atom. The lowest BCUT2D eigenvalue weighted by Gasteiger charge is -2.13. The van der Waals surface area contributed by atoms with Gasteiger partial charge in [0.1, 0.15) is 11.6 Å². The number of halogens is 2. The maximum atomic E-state index is 14.4. The number of phenols is 1. The van der Waals surface area contributed by atoms with Crippen LogP contribution in [0.3, 0.4) is 0 Å². The number of phenolic OH excluding ortho intramolecular Hbond substituents is 1. The van der Waals surface area contributed by atoms with E-state index in [1.807, 2.05) is 6.92 Å². The lowest BCUT2D eigenvalue weighted by molar-refractivity contribution is -0.137. The summed E-state index contributed by atoms with van der Waals surface area (Å²) in [6.45, 7) is 2.21. The molecule has 0 radical (unpaired) electrons. The zero-order valence-corrected chi connectivity index (χ0v) is 15.7. The lowest BCUT2D eigenvalue weighted by Crippen LogP contribution is -2.07. The predicted molar refractivity (Wildman–Crippen MR) is 107 cm³/mol. The molecule has 150 valence electrons. The zero-order chi connectivity index (χ0) is 21.0. The molecule has 0 bridgehead atoms. The second-order valence-electron chi connectivity index (χ2n) is 6.67. The number of carbonyl (C=O) groups is 1. The summed E-state index contributed by atoms with van der Waals surface area (Å²) < 4.78 is 28.1. The molecule has 0 amide bonds. The van der Waals surface area contributed by atoms with Crippen molar-refractivity contribution in [3.63, 3.8) is 0 Å². The molecule has 0 aliphatic rings. The summed E-state index contributed by atoms with van der Waals surface area (Å²) in [7, 11) is 0. The standard InChI is InChI=1S/C22H20F2N2O3/c1-13-7-8-19(27)16(10-13)18-11-14(15-4-2-5-17(23)22(15)24)12-20(26-18)25-9-3-6-21(28)29/h2,4-5,7-8,10-12,27H,3,6,9H2,1H3,(H,25,26)(H,28,29). The van der Waals surface area contributed by atoms with Gasteiger partial charge >= 0.3 is 5.97 Å². The molecule has 1 heterocycles. The van der Waals surface area contributed by atoms with Gasteiger partial charge in [-0.05, 0) is 49.2 Å². The minimum Gasteiger partial charge on any atom is -0.507 e. The van der Waals surface area contributed by atoms with Crippen LogP contribution in [0.1, 0.15) is 18.4 Å². The maximum Gasteiger partial charge on any atom is 0.303 e. The van der Waals surface area contributed by atoms with E-state index in [1.165, 1.54) is 12.1 Å². The van der Waals surface area contributed by atoms with Crippen LogP contribution in [0.5, 0.6) is 5.75 Å². The first-order valence-corrected chi connectivity index (χ1v) is 9.07. The van der Waals surface area contributed by atoms with E-state index in [2.05, 4.69) is 10.3 Å². The van der Waals surface area contributed by atoms with Gasteiger partial charge in [0.25, 0.3) is 0 Å². The number of aryl methyl sites for hydroxylation is 1. The highest BCUT2D eigenvalue weighted by Gasteiger charge is 2.15. The number of nitrogens with one attached hydrogen (secondary N) is 1. The van der Waals surface area contributed by atoms with E-state index in [1.54, 1.807) is 30.3 Å². The Kier molecular flexibility index (Phi) is 6.07. The van der Waals surface area contributed by atoms with Crippen LogP contribution in [-0.4, -0.2) is 27.7 Å².